The Morgan fingerprint density at radius 2 is 1.97 bits per heavy atom. The van der Waals surface area contributed by atoms with E-state index in [2.05, 4.69) is 15.7 Å². The summed E-state index contributed by atoms with van der Waals surface area (Å²) in [6.07, 6.45) is -4.86. The van der Waals surface area contributed by atoms with Gasteiger partial charge in [0.05, 0.1) is 18.8 Å². The van der Waals surface area contributed by atoms with Crippen LogP contribution in [0.4, 0.5) is 24.7 Å². The van der Waals surface area contributed by atoms with Crippen LogP contribution in [0, 0.1) is 0 Å². The van der Waals surface area contributed by atoms with Gasteiger partial charge in [-0.15, -0.1) is 0 Å². The van der Waals surface area contributed by atoms with Crippen LogP contribution < -0.4 is 24.8 Å². The lowest BCUT2D eigenvalue weighted by Gasteiger charge is -2.33. The molecule has 2 N–H and O–H groups in total. The van der Waals surface area contributed by atoms with Gasteiger partial charge in [-0.2, -0.15) is 18.3 Å². The van der Waals surface area contributed by atoms with Gasteiger partial charge in [-0.05, 0) is 29.8 Å². The van der Waals surface area contributed by atoms with Crippen LogP contribution in [-0.4, -0.2) is 35.8 Å². The van der Waals surface area contributed by atoms with Crippen molar-refractivity contribution < 1.29 is 32.2 Å². The van der Waals surface area contributed by atoms with Crippen molar-refractivity contribution >= 4 is 17.4 Å². The number of para-hydroxylation sites is 2. The largest absolute Gasteiger partial charge is 0.495 e. The molecule has 33 heavy (non-hydrogen) atoms. The lowest BCUT2D eigenvalue weighted by Crippen LogP contribution is -2.35. The number of nitrogens with one attached hydrogen (secondary N) is 2. The van der Waals surface area contributed by atoms with Crippen LogP contribution in [-0.2, 0) is 0 Å². The first kappa shape index (κ1) is 21.0. The first-order valence-corrected chi connectivity index (χ1v) is 10.1. The second-order valence-electron chi connectivity index (χ2n) is 7.62. The van der Waals surface area contributed by atoms with Gasteiger partial charge in [-0.25, -0.2) is 4.68 Å². The van der Waals surface area contributed by atoms with Gasteiger partial charge in [0.15, 0.2) is 23.2 Å². The molecule has 3 heterocycles. The number of carbonyl (C=O) groups excluding carboxylic acids is 1. The Kier molecular flexibility index (Phi) is 5.03. The van der Waals surface area contributed by atoms with Gasteiger partial charge in [0, 0.05) is 12.5 Å². The van der Waals surface area contributed by atoms with Crippen molar-refractivity contribution in [3.05, 3.63) is 59.8 Å². The fraction of sp³-hybridized carbons (Fsp3) is 0.273. The van der Waals surface area contributed by atoms with E-state index in [4.69, 9.17) is 14.2 Å². The molecule has 1 amide bonds. The smallest absolute Gasteiger partial charge is 0.410 e. The normalized spacial score (nSPS) is 18.9. The average Bonchev–Trinajstić information content (AvgIpc) is 3.44. The Hall–Kier alpha value is -3.89. The SMILES string of the molecule is COc1ccccc1NC(=O)c1cc2n(n1)[C@@H](C(F)(F)F)C[C@H](c1ccc3c(c1)OCO3)N2. The van der Waals surface area contributed by atoms with Gasteiger partial charge >= 0.3 is 6.18 Å². The molecule has 2 atom stereocenters. The topological polar surface area (TPSA) is 86.6 Å². The van der Waals surface area contributed by atoms with Gasteiger partial charge in [0.2, 0.25) is 6.79 Å². The number of benzene rings is 2. The molecule has 2 aliphatic rings. The zero-order chi connectivity index (χ0) is 23.2. The highest BCUT2D eigenvalue weighted by Gasteiger charge is 2.47. The first-order valence-electron chi connectivity index (χ1n) is 10.1. The van der Waals surface area contributed by atoms with Gasteiger partial charge in [-0.1, -0.05) is 18.2 Å². The number of anilines is 2. The molecule has 0 unspecified atom stereocenters. The van der Waals surface area contributed by atoms with E-state index in [1.165, 1.54) is 13.2 Å². The molecular weight excluding hydrogens is 441 g/mol. The van der Waals surface area contributed by atoms with Crippen LogP contribution >= 0.6 is 0 Å². The summed E-state index contributed by atoms with van der Waals surface area (Å²) in [7, 11) is 1.45. The van der Waals surface area contributed by atoms with E-state index in [1.54, 1.807) is 42.5 Å². The highest BCUT2D eigenvalue weighted by molar-refractivity contribution is 6.04. The Bertz CT molecular complexity index is 1210. The number of halogens is 3. The molecule has 0 radical (unpaired) electrons. The van der Waals surface area contributed by atoms with Crippen LogP contribution in [0.25, 0.3) is 0 Å². The van der Waals surface area contributed by atoms with Gasteiger partial charge in [0.25, 0.3) is 5.91 Å². The van der Waals surface area contributed by atoms with Crippen molar-refractivity contribution in [1.29, 1.82) is 0 Å². The Morgan fingerprint density at radius 1 is 1.18 bits per heavy atom. The number of ether oxygens (including phenoxy) is 3. The molecule has 0 bridgehead atoms. The average molecular weight is 460 g/mol. The maximum Gasteiger partial charge on any atom is 0.410 e. The number of methoxy groups -OCH3 is 1. The quantitative estimate of drug-likeness (QED) is 0.595. The number of aromatic nitrogens is 2. The Labute approximate surface area is 186 Å². The number of fused-ring (bicyclic) bond motifs is 2. The van der Waals surface area contributed by atoms with E-state index >= 15 is 0 Å². The molecule has 2 aromatic carbocycles. The molecule has 2 aliphatic heterocycles. The minimum absolute atomic E-state index is 0.0689. The lowest BCUT2D eigenvalue weighted by atomic mass is 9.96. The molecule has 0 saturated heterocycles. The molecule has 172 valence electrons. The van der Waals surface area contributed by atoms with E-state index in [9.17, 15) is 18.0 Å². The Balaban J connectivity index is 1.45. The van der Waals surface area contributed by atoms with E-state index in [1.807, 2.05) is 0 Å². The molecule has 5 rings (SSSR count). The van der Waals surface area contributed by atoms with Gasteiger partial charge < -0.3 is 24.8 Å². The van der Waals surface area contributed by atoms with Crippen molar-refractivity contribution in [2.75, 3.05) is 24.5 Å². The van der Waals surface area contributed by atoms with E-state index in [0.29, 0.717) is 28.5 Å². The van der Waals surface area contributed by atoms with Gasteiger partial charge in [0.1, 0.15) is 11.6 Å². The summed E-state index contributed by atoms with van der Waals surface area (Å²) in [6.45, 7) is 0.0689. The van der Waals surface area contributed by atoms with E-state index in [-0.39, 0.29) is 24.7 Å². The summed E-state index contributed by atoms with van der Waals surface area (Å²) in [6, 6.07) is 10.5. The first-order chi connectivity index (χ1) is 15.8. The monoisotopic (exact) mass is 460 g/mol. The molecule has 1 aromatic heterocycles. The fourth-order valence-corrected chi connectivity index (χ4v) is 3.97. The zero-order valence-electron chi connectivity index (χ0n) is 17.3. The van der Waals surface area contributed by atoms with Gasteiger partial charge in [-0.3, -0.25) is 4.79 Å². The van der Waals surface area contributed by atoms with Crippen LogP contribution in [0.15, 0.2) is 48.5 Å². The highest BCUT2D eigenvalue weighted by atomic mass is 19.4. The molecule has 3 aromatic rings. The maximum atomic E-state index is 13.9. The fourth-order valence-electron chi connectivity index (χ4n) is 3.97. The summed E-state index contributed by atoms with van der Waals surface area (Å²) >= 11 is 0. The molecule has 0 aliphatic carbocycles. The standard InChI is InChI=1S/C22H19F3N4O4/c1-31-16-5-3-2-4-13(16)27-21(30)15-10-20-26-14(9-19(22(23,24)25)29(20)28-15)12-6-7-17-18(8-12)33-11-32-17/h2-8,10,14,19,26H,9,11H2,1H3,(H,27,30)/t14-,19-/m1/s1. The third kappa shape index (κ3) is 3.90. The van der Waals surface area contributed by atoms with Crippen molar-refractivity contribution in [1.82, 2.24) is 9.78 Å². The number of hydrogen-bond donors (Lipinski definition) is 2. The second kappa shape index (κ2) is 7.91. The zero-order valence-corrected chi connectivity index (χ0v) is 17.3. The summed E-state index contributed by atoms with van der Waals surface area (Å²) in [5, 5.41) is 9.67. The number of hydrogen-bond acceptors (Lipinski definition) is 6. The minimum atomic E-state index is -4.56. The molecular formula is C22H19F3N4O4. The summed E-state index contributed by atoms with van der Waals surface area (Å²) in [5.74, 6) is 0.889. The molecule has 0 spiro atoms. The van der Waals surface area contributed by atoms with E-state index < -0.39 is 24.2 Å². The number of nitrogens with zero attached hydrogens (tertiary/aromatic N) is 2. The number of carbonyl (C=O) groups is 1. The van der Waals surface area contributed by atoms with E-state index in [0.717, 1.165) is 4.68 Å². The van der Waals surface area contributed by atoms with Crippen molar-refractivity contribution in [3.8, 4) is 17.2 Å². The Morgan fingerprint density at radius 3 is 2.76 bits per heavy atom. The second-order valence-corrected chi connectivity index (χ2v) is 7.62. The van der Waals surface area contributed by atoms with Crippen LogP contribution in [0.5, 0.6) is 17.2 Å². The molecule has 8 nitrogen and oxygen atoms in total. The highest BCUT2D eigenvalue weighted by Crippen LogP contribution is 2.45. The third-order valence-corrected chi connectivity index (χ3v) is 5.58. The van der Waals surface area contributed by atoms with Crippen LogP contribution in [0.2, 0.25) is 0 Å². The number of alkyl halides is 3. The minimum Gasteiger partial charge on any atom is -0.495 e. The summed E-state index contributed by atoms with van der Waals surface area (Å²) < 4.78 is 58.5. The van der Waals surface area contributed by atoms with Crippen LogP contribution in [0.3, 0.4) is 0 Å². The van der Waals surface area contributed by atoms with Crippen molar-refractivity contribution in [3.63, 3.8) is 0 Å². The van der Waals surface area contributed by atoms with Crippen molar-refractivity contribution in [2.24, 2.45) is 0 Å². The van der Waals surface area contributed by atoms with Crippen LogP contribution in [0.1, 0.15) is 34.6 Å². The third-order valence-electron chi connectivity index (χ3n) is 5.58. The maximum absolute atomic E-state index is 13.9. The number of rotatable bonds is 4. The van der Waals surface area contributed by atoms with Crippen molar-refractivity contribution in [2.45, 2.75) is 24.7 Å². The summed E-state index contributed by atoms with van der Waals surface area (Å²) in [5.41, 5.74) is 0.847. The molecule has 11 heteroatoms. The predicted molar refractivity (Wildman–Crippen MR) is 112 cm³/mol. The molecule has 0 saturated carbocycles. The predicted octanol–water partition coefficient (Wildman–Crippen LogP) is 4.53. The molecule has 0 fully saturated rings. The number of amides is 1. The lowest BCUT2D eigenvalue weighted by molar-refractivity contribution is -0.173. The summed E-state index contributed by atoms with van der Waals surface area (Å²) in [4.78, 5) is 12.8.